The average molecular weight is 513 g/mol. The number of carboxylic acid groups (broad SMARTS) is 2. The summed E-state index contributed by atoms with van der Waals surface area (Å²) >= 11 is 0. The molecule has 0 spiro atoms. The smallest absolute Gasteiger partial charge is 0.336 e. The van der Waals surface area contributed by atoms with Crippen molar-refractivity contribution in [2.75, 3.05) is 13.2 Å². The lowest BCUT2D eigenvalue weighted by atomic mass is 9.94. The van der Waals surface area contributed by atoms with Gasteiger partial charge in [0.15, 0.2) is 5.60 Å². The summed E-state index contributed by atoms with van der Waals surface area (Å²) in [5.41, 5.74) is -2.96. The molecule has 206 valence electrons. The quantitative estimate of drug-likeness (QED) is 0.0630. The predicted octanol–water partition coefficient (Wildman–Crippen LogP) is -1.48. The van der Waals surface area contributed by atoms with E-state index in [1.54, 1.807) is 0 Å². The van der Waals surface area contributed by atoms with E-state index in [4.69, 9.17) is 25.2 Å². The highest BCUT2D eigenvalue weighted by molar-refractivity contribution is 5.88. The fraction of sp³-hybridized carbons (Fsp3) is 0.864. The Bertz CT molecular complexity index is 628. The minimum atomic E-state index is -2.96. The van der Waals surface area contributed by atoms with Crippen LogP contribution in [0.3, 0.4) is 0 Å². The van der Waals surface area contributed by atoms with Gasteiger partial charge in [-0.1, -0.05) is 38.5 Å². The van der Waals surface area contributed by atoms with E-state index in [-0.39, 0.29) is 13.0 Å². The van der Waals surface area contributed by atoms with Crippen LogP contribution in [0.1, 0.15) is 70.6 Å². The van der Waals surface area contributed by atoms with Crippen molar-refractivity contribution in [2.24, 2.45) is 0 Å². The first-order valence-electron chi connectivity index (χ1n) is 11.7. The maximum Gasteiger partial charge on any atom is 0.336 e. The zero-order valence-electron chi connectivity index (χ0n) is 19.7. The molecular formula is C22H40O13. The van der Waals surface area contributed by atoms with Crippen molar-refractivity contribution in [1.29, 1.82) is 0 Å². The largest absolute Gasteiger partial charge is 0.481 e. The summed E-state index contributed by atoms with van der Waals surface area (Å²) in [6.07, 6.45) is -5.45. The first-order chi connectivity index (χ1) is 16.4. The molecule has 2 unspecified atom stereocenters. The molecule has 0 aromatic rings. The van der Waals surface area contributed by atoms with Crippen LogP contribution in [0.25, 0.3) is 0 Å². The molecule has 0 fully saturated rings. The van der Waals surface area contributed by atoms with Crippen LogP contribution in [0.15, 0.2) is 0 Å². The van der Waals surface area contributed by atoms with Crippen molar-refractivity contribution in [1.82, 2.24) is 0 Å². The number of aliphatic hydroxyl groups is 7. The molecule has 13 nitrogen and oxygen atoms in total. The monoisotopic (exact) mass is 512 g/mol. The number of carboxylic acids is 2. The number of hydrogen-bond acceptors (Lipinski definition) is 11. The number of carbonyl (C=O) groups excluding carboxylic acids is 1. The van der Waals surface area contributed by atoms with E-state index < -0.39 is 73.5 Å². The van der Waals surface area contributed by atoms with Gasteiger partial charge in [-0.3, -0.25) is 9.59 Å². The molecule has 6 atom stereocenters. The van der Waals surface area contributed by atoms with E-state index in [2.05, 4.69) is 0 Å². The van der Waals surface area contributed by atoms with Crippen molar-refractivity contribution in [2.45, 2.75) is 107 Å². The number of hydrogen-bond donors (Lipinski definition) is 9. The van der Waals surface area contributed by atoms with Gasteiger partial charge in [0.25, 0.3) is 0 Å². The molecular weight excluding hydrogens is 472 g/mol. The van der Waals surface area contributed by atoms with Gasteiger partial charge in [0.1, 0.15) is 30.5 Å². The summed E-state index contributed by atoms with van der Waals surface area (Å²) in [7, 11) is 0. The van der Waals surface area contributed by atoms with E-state index in [0.29, 0.717) is 12.8 Å². The van der Waals surface area contributed by atoms with Crippen molar-refractivity contribution >= 4 is 17.9 Å². The molecule has 0 aromatic carbocycles. The van der Waals surface area contributed by atoms with Gasteiger partial charge in [-0.15, -0.1) is 0 Å². The minimum absolute atomic E-state index is 0.0269. The van der Waals surface area contributed by atoms with Gasteiger partial charge < -0.3 is 50.7 Å². The fourth-order valence-electron chi connectivity index (χ4n) is 3.49. The molecule has 9 N–H and O–H groups in total. The van der Waals surface area contributed by atoms with Crippen LogP contribution in [0.5, 0.6) is 0 Å². The summed E-state index contributed by atoms with van der Waals surface area (Å²) in [5, 5.41) is 85.6. The number of aliphatic carboxylic acids is 2. The van der Waals surface area contributed by atoms with Gasteiger partial charge in [0.2, 0.25) is 0 Å². The lowest BCUT2D eigenvalue weighted by Crippen LogP contribution is -2.51. The summed E-state index contributed by atoms with van der Waals surface area (Å²) < 4.78 is 5.05. The molecule has 0 aliphatic carbocycles. The lowest BCUT2D eigenvalue weighted by molar-refractivity contribution is -0.182. The van der Waals surface area contributed by atoms with E-state index in [1.807, 2.05) is 0 Å². The van der Waals surface area contributed by atoms with Crippen molar-refractivity contribution in [3.63, 3.8) is 0 Å². The van der Waals surface area contributed by atoms with Gasteiger partial charge in [-0.25, -0.2) is 4.79 Å². The number of unbranched alkanes of at least 4 members (excludes halogenated alkanes) is 7. The Labute approximate surface area is 203 Å². The minimum Gasteiger partial charge on any atom is -0.481 e. The van der Waals surface area contributed by atoms with Gasteiger partial charge in [-0.05, 0) is 19.3 Å². The highest BCUT2D eigenvalue weighted by Gasteiger charge is 2.43. The third-order valence-electron chi connectivity index (χ3n) is 5.62. The molecule has 0 aliphatic rings. The van der Waals surface area contributed by atoms with Crippen LogP contribution in [-0.4, -0.2) is 113 Å². The molecule has 0 saturated carbocycles. The second-order valence-electron chi connectivity index (χ2n) is 8.67. The number of rotatable bonds is 21. The number of esters is 1. The standard InChI is InChI=1S/C22H40O13/c23-10-8-6-4-2-1-3-5-7-9-15(19(30)20(31)18(29)14(25)13-24)35-17(28)12-22(34,21(32)33)11-16(26)27/h14-15,18-20,23-25,29-31,34H,1-13H2,(H,26,27)(H,32,33)/t14-,15?,18-,19+,20+,22?/m1/s1. The molecule has 0 amide bonds. The predicted molar refractivity (Wildman–Crippen MR) is 119 cm³/mol. The topological polar surface area (TPSA) is 243 Å². The summed E-state index contributed by atoms with van der Waals surface area (Å²) in [6, 6.07) is 0. The Morgan fingerprint density at radius 2 is 1.23 bits per heavy atom. The zero-order valence-corrected chi connectivity index (χ0v) is 19.7. The Morgan fingerprint density at radius 1 is 0.714 bits per heavy atom. The normalized spacial score (nSPS) is 17.6. The van der Waals surface area contributed by atoms with E-state index in [0.717, 1.165) is 38.5 Å². The average Bonchev–Trinajstić information content (AvgIpc) is 2.79. The third-order valence-corrected chi connectivity index (χ3v) is 5.62. The van der Waals surface area contributed by atoms with Gasteiger partial charge in [0.05, 0.1) is 19.4 Å². The van der Waals surface area contributed by atoms with Gasteiger partial charge in [-0.2, -0.15) is 0 Å². The highest BCUT2D eigenvalue weighted by atomic mass is 16.6. The van der Waals surface area contributed by atoms with Gasteiger partial charge >= 0.3 is 17.9 Å². The molecule has 0 saturated heterocycles. The Kier molecular flexibility index (Phi) is 16.6. The SMILES string of the molecule is O=C(O)CC(O)(CC(=O)OC(CCCCCCCCCCO)[C@H](O)[C@@H](O)[C@H](O)[C@H](O)CO)C(=O)O. The number of carbonyl (C=O) groups is 3. The Morgan fingerprint density at radius 3 is 1.69 bits per heavy atom. The first kappa shape index (κ1) is 33.1. The van der Waals surface area contributed by atoms with E-state index in [1.165, 1.54) is 0 Å². The second-order valence-corrected chi connectivity index (χ2v) is 8.67. The first-order valence-corrected chi connectivity index (χ1v) is 11.7. The molecule has 0 radical (unpaired) electrons. The zero-order chi connectivity index (χ0) is 27.0. The Balaban J connectivity index is 5.12. The molecule has 0 rings (SSSR count). The highest BCUT2D eigenvalue weighted by Crippen LogP contribution is 2.22. The summed E-state index contributed by atoms with van der Waals surface area (Å²) in [6.45, 7) is -0.771. The van der Waals surface area contributed by atoms with Crippen molar-refractivity contribution in [3.8, 4) is 0 Å². The molecule has 13 heteroatoms. The van der Waals surface area contributed by atoms with Crippen LogP contribution in [0, 0.1) is 0 Å². The maximum absolute atomic E-state index is 12.3. The summed E-state index contributed by atoms with van der Waals surface area (Å²) in [4.78, 5) is 34.4. The van der Waals surface area contributed by atoms with Crippen LogP contribution < -0.4 is 0 Å². The number of ether oxygens (including phenoxy) is 1. The Hall–Kier alpha value is -1.87. The maximum atomic E-state index is 12.3. The summed E-state index contributed by atoms with van der Waals surface area (Å²) in [5.74, 6) is -4.99. The fourth-order valence-corrected chi connectivity index (χ4v) is 3.49. The lowest BCUT2D eigenvalue weighted by Gasteiger charge is -2.31. The van der Waals surface area contributed by atoms with Crippen LogP contribution >= 0.6 is 0 Å². The van der Waals surface area contributed by atoms with E-state index >= 15 is 0 Å². The van der Waals surface area contributed by atoms with Crippen molar-refractivity contribution < 1.29 is 65.1 Å². The van der Waals surface area contributed by atoms with Gasteiger partial charge in [0, 0.05) is 6.61 Å². The molecule has 0 aliphatic heterocycles. The van der Waals surface area contributed by atoms with Crippen LogP contribution in [0.4, 0.5) is 0 Å². The molecule has 0 heterocycles. The number of aliphatic hydroxyl groups excluding tert-OH is 6. The van der Waals surface area contributed by atoms with E-state index in [9.17, 15) is 39.9 Å². The van der Waals surface area contributed by atoms with Crippen molar-refractivity contribution in [3.05, 3.63) is 0 Å². The molecule has 0 aromatic heterocycles. The second kappa shape index (κ2) is 17.5. The third kappa shape index (κ3) is 13.1. The van der Waals surface area contributed by atoms with Crippen LogP contribution in [-0.2, 0) is 19.1 Å². The molecule has 35 heavy (non-hydrogen) atoms. The van der Waals surface area contributed by atoms with Crippen LogP contribution in [0.2, 0.25) is 0 Å². The molecule has 0 bridgehead atoms.